The van der Waals surface area contributed by atoms with Crippen molar-refractivity contribution in [2.24, 2.45) is 4.99 Å². The van der Waals surface area contributed by atoms with Crippen molar-refractivity contribution in [1.82, 2.24) is 0 Å². The molecule has 3 aromatic rings. The van der Waals surface area contributed by atoms with Gasteiger partial charge in [-0.05, 0) is 42.3 Å². The summed E-state index contributed by atoms with van der Waals surface area (Å²) in [6.07, 6.45) is 0. The smallest absolute Gasteiger partial charge is 0.338 e. The average Bonchev–Trinajstić information content (AvgIpc) is 3.08. The van der Waals surface area contributed by atoms with Crippen LogP contribution in [0.2, 0.25) is 0 Å². The molecule has 5 heteroatoms. The highest BCUT2D eigenvalue weighted by atomic mass is 16.5. The minimum atomic E-state index is -0.566. The number of para-hydroxylation sites is 1. The van der Waals surface area contributed by atoms with E-state index in [0.717, 1.165) is 16.8 Å². The molecular formula is C24H20N2O3. The second-order valence-corrected chi connectivity index (χ2v) is 6.64. The minimum Gasteiger partial charge on any atom is -0.462 e. The van der Waals surface area contributed by atoms with E-state index in [2.05, 4.69) is 5.32 Å². The molecule has 0 fully saturated rings. The Balaban J connectivity index is 1.80. The number of amides is 1. The van der Waals surface area contributed by atoms with Gasteiger partial charge < -0.3 is 10.1 Å². The van der Waals surface area contributed by atoms with Crippen LogP contribution in [0.25, 0.3) is 0 Å². The lowest BCUT2D eigenvalue weighted by Crippen LogP contribution is -2.21. The molecular weight excluding hydrogens is 364 g/mol. The van der Waals surface area contributed by atoms with Crippen LogP contribution in [-0.2, 0) is 9.53 Å². The lowest BCUT2D eigenvalue weighted by molar-refractivity contribution is -0.115. The number of ether oxygens (including phenoxy) is 1. The molecule has 1 amide bonds. The Morgan fingerprint density at radius 2 is 1.66 bits per heavy atom. The van der Waals surface area contributed by atoms with Crippen LogP contribution in [0.3, 0.4) is 0 Å². The zero-order valence-corrected chi connectivity index (χ0v) is 16.0. The van der Waals surface area contributed by atoms with E-state index in [1.54, 1.807) is 25.1 Å². The molecule has 1 aliphatic rings. The molecule has 144 valence electrons. The second-order valence-electron chi connectivity index (χ2n) is 6.64. The van der Waals surface area contributed by atoms with Crippen LogP contribution in [-0.4, -0.2) is 24.2 Å². The van der Waals surface area contributed by atoms with E-state index in [0.29, 0.717) is 23.6 Å². The molecule has 0 saturated heterocycles. The lowest BCUT2D eigenvalue weighted by atomic mass is 9.90. The van der Waals surface area contributed by atoms with Crippen molar-refractivity contribution in [2.75, 3.05) is 11.9 Å². The number of nitrogens with zero attached hydrogens (tertiary/aromatic N) is 1. The van der Waals surface area contributed by atoms with Crippen LogP contribution >= 0.6 is 0 Å². The third-order valence-electron chi connectivity index (χ3n) is 4.74. The minimum absolute atomic E-state index is 0.167. The first-order valence-corrected chi connectivity index (χ1v) is 9.48. The fraction of sp³-hybridized carbons (Fsp3) is 0.125. The van der Waals surface area contributed by atoms with Crippen molar-refractivity contribution in [1.29, 1.82) is 0 Å². The fourth-order valence-corrected chi connectivity index (χ4v) is 3.42. The lowest BCUT2D eigenvalue weighted by Gasteiger charge is -2.14. The summed E-state index contributed by atoms with van der Waals surface area (Å²) in [5, 5.41) is 2.89. The molecule has 4 rings (SSSR count). The van der Waals surface area contributed by atoms with Crippen LogP contribution in [0.5, 0.6) is 0 Å². The largest absolute Gasteiger partial charge is 0.462 e. The van der Waals surface area contributed by atoms with E-state index in [4.69, 9.17) is 9.73 Å². The van der Waals surface area contributed by atoms with E-state index in [-0.39, 0.29) is 5.91 Å². The summed E-state index contributed by atoms with van der Waals surface area (Å²) < 4.78 is 5.06. The topological polar surface area (TPSA) is 67.8 Å². The number of rotatable bonds is 5. The summed E-state index contributed by atoms with van der Waals surface area (Å²) in [7, 11) is 0. The van der Waals surface area contributed by atoms with Gasteiger partial charge in [0.25, 0.3) is 0 Å². The SMILES string of the molecule is CCOC(=O)c1ccc2c(c1)NC(=O)C2C(=Nc1ccccc1)c1ccccc1. The van der Waals surface area contributed by atoms with Crippen LogP contribution in [0.15, 0.2) is 83.9 Å². The molecule has 0 bridgehead atoms. The molecule has 1 unspecified atom stereocenters. The molecule has 0 saturated carbocycles. The maximum absolute atomic E-state index is 12.9. The molecule has 0 aliphatic carbocycles. The molecule has 0 aromatic heterocycles. The summed E-state index contributed by atoms with van der Waals surface area (Å²) in [4.78, 5) is 29.8. The average molecular weight is 384 g/mol. The van der Waals surface area contributed by atoms with Crippen molar-refractivity contribution >= 4 is 29.0 Å². The number of hydrogen-bond donors (Lipinski definition) is 1. The molecule has 0 radical (unpaired) electrons. The molecule has 5 nitrogen and oxygen atoms in total. The number of esters is 1. The number of carbonyl (C=O) groups is 2. The van der Waals surface area contributed by atoms with Gasteiger partial charge in [0.2, 0.25) is 5.91 Å². The predicted octanol–water partition coefficient (Wildman–Crippen LogP) is 4.72. The summed E-state index contributed by atoms with van der Waals surface area (Å²) in [5.41, 5.74) is 4.13. The monoisotopic (exact) mass is 384 g/mol. The molecule has 3 aromatic carbocycles. The Bertz CT molecular complexity index is 1080. The highest BCUT2D eigenvalue weighted by molar-refractivity contribution is 6.24. The number of hydrogen-bond acceptors (Lipinski definition) is 4. The van der Waals surface area contributed by atoms with Crippen molar-refractivity contribution in [3.8, 4) is 0 Å². The third-order valence-corrected chi connectivity index (χ3v) is 4.74. The van der Waals surface area contributed by atoms with E-state index in [1.807, 2.05) is 60.7 Å². The van der Waals surface area contributed by atoms with Crippen LogP contribution in [0, 0.1) is 0 Å². The van der Waals surface area contributed by atoms with Gasteiger partial charge in [0.15, 0.2) is 0 Å². The Labute approximate surface area is 169 Å². The first kappa shape index (κ1) is 18.6. The first-order chi connectivity index (χ1) is 14.2. The summed E-state index contributed by atoms with van der Waals surface area (Å²) in [5.74, 6) is -1.14. The highest BCUT2D eigenvalue weighted by Gasteiger charge is 2.35. The van der Waals surface area contributed by atoms with Crippen molar-refractivity contribution in [3.63, 3.8) is 0 Å². The first-order valence-electron chi connectivity index (χ1n) is 9.48. The van der Waals surface area contributed by atoms with E-state index >= 15 is 0 Å². The van der Waals surface area contributed by atoms with E-state index < -0.39 is 11.9 Å². The molecule has 1 heterocycles. The van der Waals surface area contributed by atoms with Crippen molar-refractivity contribution in [2.45, 2.75) is 12.8 Å². The Kier molecular flexibility index (Phi) is 5.20. The van der Waals surface area contributed by atoms with Crippen molar-refractivity contribution in [3.05, 3.63) is 95.6 Å². The van der Waals surface area contributed by atoms with Gasteiger partial charge in [-0.15, -0.1) is 0 Å². The van der Waals surface area contributed by atoms with Gasteiger partial charge in [-0.1, -0.05) is 54.6 Å². The standard InChI is InChI=1S/C24H20N2O3/c1-2-29-24(28)17-13-14-19-20(15-17)26-23(27)21(19)22(16-9-5-3-6-10-16)25-18-11-7-4-8-12-18/h3-15,21H,2H2,1H3,(H,26,27). The van der Waals surface area contributed by atoms with Gasteiger partial charge in [0, 0.05) is 5.69 Å². The van der Waals surface area contributed by atoms with E-state index in [9.17, 15) is 9.59 Å². The predicted molar refractivity (Wildman–Crippen MR) is 113 cm³/mol. The molecule has 29 heavy (non-hydrogen) atoms. The van der Waals surface area contributed by atoms with Gasteiger partial charge in [-0.2, -0.15) is 0 Å². The van der Waals surface area contributed by atoms with Gasteiger partial charge in [0.05, 0.1) is 23.6 Å². The summed E-state index contributed by atoms with van der Waals surface area (Å²) >= 11 is 0. The van der Waals surface area contributed by atoms with Gasteiger partial charge in [0.1, 0.15) is 5.92 Å². The second kappa shape index (κ2) is 8.10. The normalized spacial score (nSPS) is 15.6. The number of aliphatic imine (C=N–C) groups is 1. The van der Waals surface area contributed by atoms with Gasteiger partial charge in [-0.3, -0.25) is 9.79 Å². The molecule has 0 spiro atoms. The zero-order valence-electron chi connectivity index (χ0n) is 16.0. The molecule has 1 aliphatic heterocycles. The fourth-order valence-electron chi connectivity index (χ4n) is 3.42. The maximum atomic E-state index is 12.9. The quantitative estimate of drug-likeness (QED) is 0.511. The maximum Gasteiger partial charge on any atom is 0.338 e. The number of benzene rings is 3. The number of nitrogens with one attached hydrogen (secondary N) is 1. The van der Waals surface area contributed by atoms with Gasteiger partial charge >= 0.3 is 5.97 Å². The van der Waals surface area contributed by atoms with Crippen molar-refractivity contribution < 1.29 is 14.3 Å². The third kappa shape index (κ3) is 3.80. The number of fused-ring (bicyclic) bond motifs is 1. The Morgan fingerprint density at radius 1 is 0.966 bits per heavy atom. The number of carbonyl (C=O) groups excluding carboxylic acids is 2. The van der Waals surface area contributed by atoms with Gasteiger partial charge in [-0.25, -0.2) is 4.79 Å². The summed E-state index contributed by atoms with van der Waals surface area (Å²) in [6.45, 7) is 2.06. The van der Waals surface area contributed by atoms with Crippen LogP contribution in [0.4, 0.5) is 11.4 Å². The molecule has 1 N–H and O–H groups in total. The Morgan fingerprint density at radius 3 is 2.34 bits per heavy atom. The van der Waals surface area contributed by atoms with E-state index in [1.165, 1.54) is 0 Å². The highest BCUT2D eigenvalue weighted by Crippen LogP contribution is 2.37. The summed E-state index contributed by atoms with van der Waals surface area (Å²) in [6, 6.07) is 24.4. The van der Waals surface area contributed by atoms with Crippen LogP contribution in [0.1, 0.15) is 34.3 Å². The number of anilines is 1. The molecule has 1 atom stereocenters. The van der Waals surface area contributed by atoms with Crippen LogP contribution < -0.4 is 5.32 Å². The zero-order chi connectivity index (χ0) is 20.2. The Hall–Kier alpha value is -3.73.